The van der Waals surface area contributed by atoms with E-state index in [2.05, 4.69) is 0 Å². The van der Waals surface area contributed by atoms with E-state index in [1.807, 2.05) is 36.4 Å². The predicted molar refractivity (Wildman–Crippen MR) is 59.3 cm³/mol. The smallest absolute Gasteiger partial charge is 0.323 e. The average Bonchev–Trinajstić information content (AvgIpc) is 2.30. The molecule has 1 aromatic rings. The number of nitrogens with two attached hydrogens (primary N) is 1. The molecule has 0 fully saturated rings. The molecule has 1 atom stereocenters. The Balaban J connectivity index is 2.38. The van der Waals surface area contributed by atoms with Crippen LogP contribution in [-0.2, 0) is 16.0 Å². The van der Waals surface area contributed by atoms with Crippen molar-refractivity contribution in [2.45, 2.75) is 18.9 Å². The van der Waals surface area contributed by atoms with E-state index in [0.29, 0.717) is 6.42 Å². The zero-order valence-corrected chi connectivity index (χ0v) is 8.93. The minimum Gasteiger partial charge on any atom is -0.463 e. The van der Waals surface area contributed by atoms with Gasteiger partial charge in [-0.2, -0.15) is 5.26 Å². The van der Waals surface area contributed by atoms with Gasteiger partial charge in [0.2, 0.25) is 0 Å². The lowest BCUT2D eigenvalue weighted by molar-refractivity contribution is -0.145. The first-order valence-corrected chi connectivity index (χ1v) is 5.07. The van der Waals surface area contributed by atoms with Crippen molar-refractivity contribution in [1.29, 1.82) is 5.26 Å². The van der Waals surface area contributed by atoms with Gasteiger partial charge >= 0.3 is 5.97 Å². The topological polar surface area (TPSA) is 76.1 Å². The Bertz CT molecular complexity index is 370. The fourth-order valence-corrected chi connectivity index (χ4v) is 1.26. The summed E-state index contributed by atoms with van der Waals surface area (Å²) in [7, 11) is 0. The molecule has 1 rings (SSSR count). The van der Waals surface area contributed by atoms with E-state index in [4.69, 9.17) is 15.7 Å². The molecule has 0 bridgehead atoms. The highest BCUT2D eigenvalue weighted by Gasteiger charge is 2.14. The summed E-state index contributed by atoms with van der Waals surface area (Å²) >= 11 is 0. The number of ether oxygens (including phenoxy) is 1. The fourth-order valence-electron chi connectivity index (χ4n) is 1.26. The van der Waals surface area contributed by atoms with Crippen LogP contribution in [-0.4, -0.2) is 18.6 Å². The molecule has 2 N–H and O–H groups in total. The molecule has 16 heavy (non-hydrogen) atoms. The molecule has 0 spiro atoms. The van der Waals surface area contributed by atoms with Crippen molar-refractivity contribution in [3.8, 4) is 6.07 Å². The van der Waals surface area contributed by atoms with Gasteiger partial charge in [0, 0.05) is 0 Å². The molecule has 0 aliphatic carbocycles. The molecule has 0 amide bonds. The third-order valence-corrected chi connectivity index (χ3v) is 2.06. The van der Waals surface area contributed by atoms with Gasteiger partial charge in [0.1, 0.15) is 12.6 Å². The van der Waals surface area contributed by atoms with Crippen LogP contribution in [0, 0.1) is 11.3 Å². The number of carbonyl (C=O) groups is 1. The molecule has 0 aliphatic rings. The Kier molecular flexibility index (Phi) is 5.03. The Hall–Kier alpha value is -1.86. The number of benzene rings is 1. The number of hydrogen-bond donors (Lipinski definition) is 1. The van der Waals surface area contributed by atoms with E-state index in [1.165, 1.54) is 0 Å². The molecule has 0 unspecified atom stereocenters. The van der Waals surface area contributed by atoms with Gasteiger partial charge < -0.3 is 10.5 Å². The maximum Gasteiger partial charge on any atom is 0.323 e. The molecule has 0 aromatic heterocycles. The quantitative estimate of drug-likeness (QED) is 0.591. The van der Waals surface area contributed by atoms with Gasteiger partial charge in [0.25, 0.3) is 0 Å². The van der Waals surface area contributed by atoms with E-state index < -0.39 is 12.0 Å². The molecule has 0 aliphatic heterocycles. The summed E-state index contributed by atoms with van der Waals surface area (Å²) in [5, 5.41) is 8.28. The van der Waals surface area contributed by atoms with Crippen molar-refractivity contribution in [2.75, 3.05) is 6.61 Å². The van der Waals surface area contributed by atoms with E-state index in [1.54, 1.807) is 0 Å². The first-order valence-electron chi connectivity index (χ1n) is 5.07. The molecule has 0 saturated heterocycles. The zero-order chi connectivity index (χ0) is 11.8. The lowest BCUT2D eigenvalue weighted by atomic mass is 10.1. The predicted octanol–water partition coefficient (Wildman–Crippen LogP) is 1.01. The van der Waals surface area contributed by atoms with Crippen molar-refractivity contribution >= 4 is 5.97 Å². The van der Waals surface area contributed by atoms with Gasteiger partial charge in [0.05, 0.1) is 12.5 Å². The minimum atomic E-state index is -0.666. The summed E-state index contributed by atoms with van der Waals surface area (Å²) in [6.45, 7) is 0.109. The third kappa shape index (κ3) is 4.11. The highest BCUT2D eigenvalue weighted by Crippen LogP contribution is 2.02. The van der Waals surface area contributed by atoms with Crippen LogP contribution >= 0.6 is 0 Å². The number of nitrogens with zero attached hydrogens (tertiary/aromatic N) is 1. The third-order valence-electron chi connectivity index (χ3n) is 2.06. The van der Waals surface area contributed by atoms with Gasteiger partial charge in [-0.05, 0) is 12.0 Å². The maximum atomic E-state index is 11.4. The van der Waals surface area contributed by atoms with Crippen LogP contribution in [0.15, 0.2) is 30.3 Å². The highest BCUT2D eigenvalue weighted by atomic mass is 16.5. The molecular weight excluding hydrogens is 204 g/mol. The van der Waals surface area contributed by atoms with Crippen molar-refractivity contribution < 1.29 is 9.53 Å². The number of nitriles is 1. The Morgan fingerprint density at radius 3 is 2.75 bits per heavy atom. The molecule has 0 radical (unpaired) electrons. The van der Waals surface area contributed by atoms with Gasteiger partial charge in [-0.3, -0.25) is 4.79 Å². The molecule has 84 valence electrons. The summed E-state index contributed by atoms with van der Waals surface area (Å²) in [6, 6.07) is 10.7. The van der Waals surface area contributed by atoms with Gasteiger partial charge in [-0.1, -0.05) is 30.3 Å². The standard InChI is InChI=1S/C12H14N2O2/c13-7-4-8-16-12(15)11(14)9-10-5-2-1-3-6-10/h1-3,5-6,11H,4,8-9,14H2/t11-/m0/s1. The van der Waals surface area contributed by atoms with Gasteiger partial charge in [0.15, 0.2) is 0 Å². The van der Waals surface area contributed by atoms with Crippen molar-refractivity contribution in [1.82, 2.24) is 0 Å². The molecular formula is C12H14N2O2. The monoisotopic (exact) mass is 218 g/mol. The van der Waals surface area contributed by atoms with Crippen LogP contribution in [0.4, 0.5) is 0 Å². The second-order valence-corrected chi connectivity index (χ2v) is 3.37. The second kappa shape index (κ2) is 6.59. The number of carbonyl (C=O) groups excluding carboxylic acids is 1. The number of esters is 1. The van der Waals surface area contributed by atoms with Crippen LogP contribution in [0.1, 0.15) is 12.0 Å². The number of hydrogen-bond acceptors (Lipinski definition) is 4. The first-order chi connectivity index (χ1) is 7.74. The number of rotatable bonds is 5. The van der Waals surface area contributed by atoms with Gasteiger partial charge in [-0.15, -0.1) is 0 Å². The minimum absolute atomic E-state index is 0.109. The zero-order valence-electron chi connectivity index (χ0n) is 8.93. The van der Waals surface area contributed by atoms with Crippen LogP contribution in [0.2, 0.25) is 0 Å². The Labute approximate surface area is 94.6 Å². The summed E-state index contributed by atoms with van der Waals surface area (Å²) in [5.41, 5.74) is 6.67. The van der Waals surface area contributed by atoms with Gasteiger partial charge in [-0.25, -0.2) is 0 Å². The van der Waals surface area contributed by atoms with E-state index >= 15 is 0 Å². The van der Waals surface area contributed by atoms with Crippen LogP contribution in [0.3, 0.4) is 0 Å². The van der Waals surface area contributed by atoms with Crippen LogP contribution in [0.25, 0.3) is 0 Å². The Morgan fingerprint density at radius 1 is 1.44 bits per heavy atom. The lowest BCUT2D eigenvalue weighted by Gasteiger charge is -2.10. The normalized spacial score (nSPS) is 11.5. The van der Waals surface area contributed by atoms with E-state index in [-0.39, 0.29) is 13.0 Å². The molecule has 0 heterocycles. The van der Waals surface area contributed by atoms with E-state index in [0.717, 1.165) is 5.56 Å². The molecule has 1 aromatic carbocycles. The lowest BCUT2D eigenvalue weighted by Crippen LogP contribution is -2.34. The largest absolute Gasteiger partial charge is 0.463 e. The average molecular weight is 218 g/mol. The van der Waals surface area contributed by atoms with E-state index in [9.17, 15) is 4.79 Å². The van der Waals surface area contributed by atoms with Crippen molar-refractivity contribution in [3.05, 3.63) is 35.9 Å². The summed E-state index contributed by atoms with van der Waals surface area (Å²) in [6.07, 6.45) is 0.649. The molecule has 0 saturated carbocycles. The highest BCUT2D eigenvalue weighted by molar-refractivity contribution is 5.75. The Morgan fingerprint density at radius 2 is 2.12 bits per heavy atom. The maximum absolute atomic E-state index is 11.4. The van der Waals surface area contributed by atoms with Crippen LogP contribution < -0.4 is 5.73 Å². The second-order valence-electron chi connectivity index (χ2n) is 3.37. The summed E-state index contributed by atoms with van der Waals surface area (Å²) in [4.78, 5) is 11.4. The fraction of sp³-hybridized carbons (Fsp3) is 0.333. The summed E-state index contributed by atoms with van der Waals surface area (Å²) < 4.78 is 4.83. The first kappa shape index (κ1) is 12.2. The molecule has 4 heteroatoms. The SMILES string of the molecule is N#CCCOC(=O)[C@@H](N)Cc1ccccc1. The van der Waals surface area contributed by atoms with Crippen molar-refractivity contribution in [3.63, 3.8) is 0 Å². The van der Waals surface area contributed by atoms with Crippen LogP contribution in [0.5, 0.6) is 0 Å². The summed E-state index contributed by atoms with van der Waals surface area (Å²) in [5.74, 6) is -0.459. The molecule has 4 nitrogen and oxygen atoms in total. The van der Waals surface area contributed by atoms with Crippen molar-refractivity contribution in [2.24, 2.45) is 5.73 Å².